The lowest BCUT2D eigenvalue weighted by molar-refractivity contribution is -0.384. The van der Waals surface area contributed by atoms with Crippen LogP contribution in [0.15, 0.2) is 76.6 Å². The van der Waals surface area contributed by atoms with Crippen LogP contribution in [0.2, 0.25) is 0 Å². The highest BCUT2D eigenvalue weighted by Gasteiger charge is 2.24. The second-order valence-electron chi connectivity index (χ2n) is 8.12. The monoisotopic (exact) mass is 479 g/mol. The van der Waals surface area contributed by atoms with Crippen LogP contribution in [-0.2, 0) is 10.0 Å². The van der Waals surface area contributed by atoms with Gasteiger partial charge < -0.3 is 9.84 Å². The molecule has 0 radical (unpaired) electrons. The van der Waals surface area contributed by atoms with Crippen LogP contribution in [0.4, 0.5) is 17.1 Å². The Morgan fingerprint density at radius 2 is 1.74 bits per heavy atom. The van der Waals surface area contributed by atoms with Gasteiger partial charge in [-0.15, -0.1) is 0 Å². The number of benzene rings is 3. The molecule has 0 bridgehead atoms. The topological polar surface area (TPSA) is 131 Å². The van der Waals surface area contributed by atoms with Crippen molar-refractivity contribution in [2.75, 3.05) is 4.72 Å². The molecular weight excluding hydrogens is 458 g/mol. The highest BCUT2D eigenvalue weighted by Crippen LogP contribution is 2.38. The number of fused-ring (bicyclic) bond motifs is 1. The number of nitro groups is 1. The van der Waals surface area contributed by atoms with E-state index in [4.69, 9.17) is 4.74 Å². The highest BCUT2D eigenvalue weighted by atomic mass is 32.2. The van der Waals surface area contributed by atoms with Crippen molar-refractivity contribution >= 4 is 39.4 Å². The number of ether oxygens (including phenoxy) is 1. The molecule has 0 saturated carbocycles. The normalized spacial score (nSPS) is 14.4. The van der Waals surface area contributed by atoms with Gasteiger partial charge in [0, 0.05) is 29.6 Å². The molecule has 34 heavy (non-hydrogen) atoms. The third-order valence-electron chi connectivity index (χ3n) is 5.06. The van der Waals surface area contributed by atoms with Gasteiger partial charge >= 0.3 is 0 Å². The number of sulfonamides is 1. The molecule has 3 aromatic rings. The average molecular weight is 480 g/mol. The summed E-state index contributed by atoms with van der Waals surface area (Å²) < 4.78 is 33.3. The Bertz CT molecular complexity index is 1410. The standard InChI is InChI=1S/C24H21N3O6S/c1-24(2)14-13-21-22(33-24)12-3-16(23(21)28)15-25-17-4-6-18(7-5-17)26-34(31,32)20-10-8-19(9-11-20)27(29)30/h3-15,26,28H,1-2H3/b25-15+. The molecule has 2 N–H and O–H groups in total. The summed E-state index contributed by atoms with van der Waals surface area (Å²) in [4.78, 5) is 14.4. The van der Waals surface area contributed by atoms with Gasteiger partial charge in [-0.1, -0.05) is 0 Å². The number of aliphatic imine (C=N–C) groups is 1. The minimum absolute atomic E-state index is 0.0560. The molecule has 0 fully saturated rings. The van der Waals surface area contributed by atoms with Gasteiger partial charge in [-0.3, -0.25) is 19.8 Å². The molecule has 0 unspecified atom stereocenters. The molecular formula is C24H21N3O6S. The van der Waals surface area contributed by atoms with E-state index in [1.165, 1.54) is 18.3 Å². The van der Waals surface area contributed by atoms with Crippen molar-refractivity contribution in [2.45, 2.75) is 24.3 Å². The van der Waals surface area contributed by atoms with Crippen molar-refractivity contribution in [3.8, 4) is 11.5 Å². The fourth-order valence-electron chi connectivity index (χ4n) is 3.28. The zero-order valence-electron chi connectivity index (χ0n) is 18.3. The van der Waals surface area contributed by atoms with Crippen molar-refractivity contribution in [1.82, 2.24) is 0 Å². The smallest absolute Gasteiger partial charge is 0.269 e. The SMILES string of the molecule is CC1(C)C=Cc2c(ccc(/C=N/c3ccc(NS(=O)(=O)c4ccc([N+](=O)[O-])cc4)cc3)c2O)O1. The van der Waals surface area contributed by atoms with E-state index in [-0.39, 0.29) is 16.3 Å². The molecule has 1 aliphatic rings. The summed E-state index contributed by atoms with van der Waals surface area (Å²) in [6.07, 6.45) is 5.20. The Kier molecular flexibility index (Phi) is 5.84. The van der Waals surface area contributed by atoms with E-state index in [9.17, 15) is 23.6 Å². The second-order valence-corrected chi connectivity index (χ2v) is 9.80. The zero-order valence-corrected chi connectivity index (χ0v) is 19.1. The molecule has 9 nitrogen and oxygen atoms in total. The van der Waals surface area contributed by atoms with Crippen molar-refractivity contribution in [1.29, 1.82) is 0 Å². The zero-order chi connectivity index (χ0) is 24.5. The van der Waals surface area contributed by atoms with Crippen LogP contribution in [0.3, 0.4) is 0 Å². The summed E-state index contributed by atoms with van der Waals surface area (Å²) in [6, 6.07) is 14.4. The van der Waals surface area contributed by atoms with Gasteiger partial charge in [0.15, 0.2) is 0 Å². The van der Waals surface area contributed by atoms with Crippen LogP contribution in [0.25, 0.3) is 6.08 Å². The maximum absolute atomic E-state index is 12.5. The van der Waals surface area contributed by atoms with Crippen molar-refractivity contribution < 1.29 is 23.2 Å². The van der Waals surface area contributed by atoms with Gasteiger partial charge in [0.2, 0.25) is 0 Å². The lowest BCUT2D eigenvalue weighted by Crippen LogP contribution is -2.27. The van der Waals surface area contributed by atoms with E-state index in [0.29, 0.717) is 28.3 Å². The first-order valence-corrected chi connectivity index (χ1v) is 11.7. The van der Waals surface area contributed by atoms with E-state index < -0.39 is 20.5 Å². The number of hydrogen-bond acceptors (Lipinski definition) is 7. The van der Waals surface area contributed by atoms with Crippen LogP contribution in [0, 0.1) is 10.1 Å². The number of rotatable bonds is 6. The summed E-state index contributed by atoms with van der Waals surface area (Å²) in [7, 11) is -3.91. The van der Waals surface area contributed by atoms with Crippen molar-refractivity contribution in [3.63, 3.8) is 0 Å². The second kappa shape index (κ2) is 8.64. The van der Waals surface area contributed by atoms with Gasteiger partial charge in [-0.25, -0.2) is 8.42 Å². The molecule has 0 aliphatic carbocycles. The van der Waals surface area contributed by atoms with Crippen LogP contribution < -0.4 is 9.46 Å². The molecule has 1 aliphatic heterocycles. The lowest BCUT2D eigenvalue weighted by atomic mass is 10.00. The first-order chi connectivity index (χ1) is 16.0. The van der Waals surface area contributed by atoms with Gasteiger partial charge in [0.25, 0.3) is 15.7 Å². The number of anilines is 1. The van der Waals surface area contributed by atoms with Gasteiger partial charge in [0.05, 0.1) is 21.1 Å². The van der Waals surface area contributed by atoms with Crippen molar-refractivity contribution in [2.24, 2.45) is 4.99 Å². The number of phenols is 1. The summed E-state index contributed by atoms with van der Waals surface area (Å²) in [5.74, 6) is 0.646. The van der Waals surface area contributed by atoms with Crippen molar-refractivity contribution in [3.05, 3.63) is 88.0 Å². The maximum atomic E-state index is 12.5. The molecule has 3 aromatic carbocycles. The molecule has 0 aromatic heterocycles. The summed E-state index contributed by atoms with van der Waals surface area (Å²) >= 11 is 0. The molecule has 4 rings (SSSR count). The number of non-ortho nitro benzene ring substituents is 1. The Morgan fingerprint density at radius 3 is 2.38 bits per heavy atom. The first kappa shape index (κ1) is 23.0. The Hall–Kier alpha value is -4.18. The van der Waals surface area contributed by atoms with Crippen LogP contribution in [0.1, 0.15) is 25.0 Å². The quantitative estimate of drug-likeness (QED) is 0.289. The predicted octanol–water partition coefficient (Wildman–Crippen LogP) is 5.04. The van der Waals surface area contributed by atoms with Gasteiger partial charge in [-0.2, -0.15) is 0 Å². The number of phenolic OH excluding ortho intramolecular Hbond substituents is 1. The van der Waals surface area contributed by atoms with Gasteiger partial charge in [-0.05, 0) is 74.5 Å². The minimum atomic E-state index is -3.91. The molecule has 0 atom stereocenters. The third-order valence-corrected chi connectivity index (χ3v) is 6.46. The lowest BCUT2D eigenvalue weighted by Gasteiger charge is -2.28. The molecule has 10 heteroatoms. The number of aromatic hydroxyl groups is 1. The molecule has 0 spiro atoms. The maximum Gasteiger partial charge on any atom is 0.269 e. The predicted molar refractivity (Wildman–Crippen MR) is 129 cm³/mol. The van der Waals surface area contributed by atoms with E-state index in [2.05, 4.69) is 9.71 Å². The van der Waals surface area contributed by atoms with E-state index in [1.54, 1.807) is 36.4 Å². The number of nitrogens with one attached hydrogen (secondary N) is 1. The number of nitrogens with zero attached hydrogens (tertiary/aromatic N) is 2. The summed E-state index contributed by atoms with van der Waals surface area (Å²) in [5, 5.41) is 21.3. The fraction of sp³-hybridized carbons (Fsp3) is 0.125. The van der Waals surface area contributed by atoms with Gasteiger partial charge in [0.1, 0.15) is 17.1 Å². The number of nitro benzene ring substituents is 1. The molecule has 0 saturated heterocycles. The Labute approximate surface area is 196 Å². The first-order valence-electron chi connectivity index (χ1n) is 10.2. The molecule has 174 valence electrons. The van der Waals surface area contributed by atoms with E-state index in [0.717, 1.165) is 12.1 Å². The fourth-order valence-corrected chi connectivity index (χ4v) is 4.34. The summed E-state index contributed by atoms with van der Waals surface area (Å²) in [6.45, 7) is 3.85. The molecule has 1 heterocycles. The van der Waals surface area contributed by atoms with E-state index in [1.807, 2.05) is 26.0 Å². The highest BCUT2D eigenvalue weighted by molar-refractivity contribution is 7.92. The number of hydrogen-bond donors (Lipinski definition) is 2. The third kappa shape index (κ3) is 4.91. The molecule has 0 amide bonds. The summed E-state index contributed by atoms with van der Waals surface area (Å²) in [5.41, 5.74) is 1.30. The minimum Gasteiger partial charge on any atom is -0.506 e. The van der Waals surface area contributed by atoms with Crippen LogP contribution >= 0.6 is 0 Å². The van der Waals surface area contributed by atoms with E-state index >= 15 is 0 Å². The van der Waals surface area contributed by atoms with Crippen LogP contribution in [0.5, 0.6) is 11.5 Å². The average Bonchev–Trinajstić information content (AvgIpc) is 2.79. The van der Waals surface area contributed by atoms with Crippen LogP contribution in [-0.4, -0.2) is 30.3 Å². The largest absolute Gasteiger partial charge is 0.506 e. The Balaban J connectivity index is 1.48. The Morgan fingerprint density at radius 1 is 1.06 bits per heavy atom.